The van der Waals surface area contributed by atoms with Crippen LogP contribution in [-0.4, -0.2) is 45.3 Å². The molecule has 3 rings (SSSR count). The van der Waals surface area contributed by atoms with Gasteiger partial charge in [0.1, 0.15) is 6.54 Å². The fourth-order valence-corrected chi connectivity index (χ4v) is 4.34. The lowest BCUT2D eigenvalue weighted by Crippen LogP contribution is -2.46. The van der Waals surface area contributed by atoms with Gasteiger partial charge in [0.25, 0.3) is 5.91 Å². The van der Waals surface area contributed by atoms with Crippen molar-refractivity contribution in [2.45, 2.75) is 58.9 Å². The summed E-state index contributed by atoms with van der Waals surface area (Å²) in [5, 5.41) is 0. The van der Waals surface area contributed by atoms with Gasteiger partial charge in [0, 0.05) is 41.1 Å². The number of aromatic nitrogens is 1. The highest BCUT2D eigenvalue weighted by atomic mass is 79.9. The van der Waals surface area contributed by atoms with Gasteiger partial charge in [-0.15, -0.1) is 0 Å². The second kappa shape index (κ2) is 13.1. The van der Waals surface area contributed by atoms with Gasteiger partial charge < -0.3 is 14.4 Å². The van der Waals surface area contributed by atoms with E-state index >= 15 is 0 Å². The zero-order chi connectivity index (χ0) is 27.9. The highest BCUT2D eigenvalue weighted by Gasteiger charge is 2.31. The van der Waals surface area contributed by atoms with Crippen molar-refractivity contribution >= 4 is 27.7 Å². The molecule has 0 spiro atoms. The van der Waals surface area contributed by atoms with Crippen molar-refractivity contribution in [3.63, 3.8) is 0 Å². The summed E-state index contributed by atoms with van der Waals surface area (Å²) in [4.78, 5) is 29.8. The number of carbonyl (C=O) groups is 2. The molecule has 0 saturated heterocycles. The first kappa shape index (κ1) is 29.5. The van der Waals surface area contributed by atoms with Crippen LogP contribution in [0.5, 0.6) is 0 Å². The maximum atomic E-state index is 13.5. The standard InChI is InChI=1S/C29H33BrF3N3O2/c1-4-5-16-35(19-26-7-6-17-34(26)18-22-8-14-25(30)15-9-22)27(37)20-36(21(2)3)28(38)23-10-12-24(13-11-23)29(31,32)33/h6-15,17,21H,4-5,16,18-20H2,1-3H3. The van der Waals surface area contributed by atoms with Gasteiger partial charge in [-0.3, -0.25) is 9.59 Å². The summed E-state index contributed by atoms with van der Waals surface area (Å²) in [6.07, 6.45) is -0.783. The first-order chi connectivity index (χ1) is 18.0. The third-order valence-electron chi connectivity index (χ3n) is 6.33. The van der Waals surface area contributed by atoms with E-state index in [0.717, 1.165) is 52.8 Å². The quantitative estimate of drug-likeness (QED) is 0.241. The van der Waals surface area contributed by atoms with Crippen molar-refractivity contribution in [1.82, 2.24) is 14.4 Å². The van der Waals surface area contributed by atoms with Crippen LogP contribution in [0.2, 0.25) is 0 Å². The van der Waals surface area contributed by atoms with E-state index in [1.165, 1.54) is 4.90 Å². The van der Waals surface area contributed by atoms with E-state index < -0.39 is 17.6 Å². The number of amides is 2. The number of halogens is 4. The van der Waals surface area contributed by atoms with E-state index in [2.05, 4.69) is 20.5 Å². The number of unbranched alkanes of at least 4 members (excludes halogenated alkanes) is 1. The SMILES string of the molecule is CCCCN(Cc1cccn1Cc1ccc(Br)cc1)C(=O)CN(C(=O)c1ccc(C(F)(F)F)cc1)C(C)C. The molecule has 0 radical (unpaired) electrons. The van der Waals surface area contributed by atoms with Gasteiger partial charge in [-0.05, 0) is 74.4 Å². The maximum Gasteiger partial charge on any atom is 0.416 e. The number of nitrogens with zero attached hydrogens (tertiary/aromatic N) is 3. The first-order valence-electron chi connectivity index (χ1n) is 12.6. The number of rotatable bonds is 11. The molecule has 2 amide bonds. The molecule has 1 aromatic heterocycles. The Morgan fingerprint density at radius 3 is 2.24 bits per heavy atom. The Morgan fingerprint density at radius 2 is 1.66 bits per heavy atom. The third kappa shape index (κ3) is 7.96. The van der Waals surface area contributed by atoms with Gasteiger partial charge in [-0.1, -0.05) is 41.4 Å². The molecule has 3 aromatic rings. The lowest BCUT2D eigenvalue weighted by Gasteiger charge is -2.30. The lowest BCUT2D eigenvalue weighted by atomic mass is 10.1. The van der Waals surface area contributed by atoms with Gasteiger partial charge in [-0.2, -0.15) is 13.2 Å². The zero-order valence-electron chi connectivity index (χ0n) is 21.8. The van der Waals surface area contributed by atoms with Gasteiger partial charge in [-0.25, -0.2) is 0 Å². The summed E-state index contributed by atoms with van der Waals surface area (Å²) in [7, 11) is 0. The van der Waals surface area contributed by atoms with Crippen LogP contribution < -0.4 is 0 Å². The van der Waals surface area contributed by atoms with Crippen LogP contribution in [0.1, 0.15) is 60.8 Å². The molecule has 9 heteroatoms. The monoisotopic (exact) mass is 591 g/mol. The fourth-order valence-electron chi connectivity index (χ4n) is 4.07. The molecule has 1 heterocycles. The minimum Gasteiger partial charge on any atom is -0.345 e. The Morgan fingerprint density at radius 1 is 1.00 bits per heavy atom. The van der Waals surface area contributed by atoms with Crippen LogP contribution in [0, 0.1) is 0 Å². The topological polar surface area (TPSA) is 45.6 Å². The van der Waals surface area contributed by atoms with Crippen molar-refractivity contribution in [1.29, 1.82) is 0 Å². The highest BCUT2D eigenvalue weighted by Crippen LogP contribution is 2.29. The summed E-state index contributed by atoms with van der Waals surface area (Å²) in [5.41, 5.74) is 1.40. The van der Waals surface area contributed by atoms with Crippen molar-refractivity contribution in [3.8, 4) is 0 Å². The largest absolute Gasteiger partial charge is 0.416 e. The van der Waals surface area contributed by atoms with Crippen molar-refractivity contribution in [2.75, 3.05) is 13.1 Å². The summed E-state index contributed by atoms with van der Waals surface area (Å²) < 4.78 is 41.9. The molecule has 2 aromatic carbocycles. The molecule has 0 fully saturated rings. The summed E-state index contributed by atoms with van der Waals surface area (Å²) >= 11 is 3.45. The Hall–Kier alpha value is -3.07. The second-order valence-electron chi connectivity index (χ2n) is 9.52. The first-order valence-corrected chi connectivity index (χ1v) is 13.4. The Bertz CT molecular complexity index is 1210. The van der Waals surface area contributed by atoms with Crippen LogP contribution in [0.3, 0.4) is 0 Å². The molecule has 204 valence electrons. The van der Waals surface area contributed by atoms with Crippen LogP contribution in [0.15, 0.2) is 71.3 Å². The van der Waals surface area contributed by atoms with Crippen LogP contribution in [0.4, 0.5) is 13.2 Å². The van der Waals surface area contributed by atoms with Gasteiger partial charge >= 0.3 is 6.18 Å². The van der Waals surface area contributed by atoms with Crippen LogP contribution >= 0.6 is 15.9 Å². The molecule has 0 aliphatic rings. The van der Waals surface area contributed by atoms with Crippen LogP contribution in [0.25, 0.3) is 0 Å². The molecule has 0 unspecified atom stereocenters. The van der Waals surface area contributed by atoms with Crippen molar-refractivity contribution in [2.24, 2.45) is 0 Å². The molecule has 0 saturated carbocycles. The van der Waals surface area contributed by atoms with Gasteiger partial charge in [0.15, 0.2) is 0 Å². The summed E-state index contributed by atoms with van der Waals surface area (Å²) in [6.45, 7) is 7.06. The highest BCUT2D eigenvalue weighted by molar-refractivity contribution is 9.10. The van der Waals surface area contributed by atoms with Gasteiger partial charge in [0.2, 0.25) is 5.91 Å². The predicted octanol–water partition coefficient (Wildman–Crippen LogP) is 7.00. The molecule has 0 bridgehead atoms. The van der Waals surface area contributed by atoms with Crippen LogP contribution in [-0.2, 0) is 24.1 Å². The Labute approximate surface area is 230 Å². The normalized spacial score (nSPS) is 11.6. The number of hydrogen-bond acceptors (Lipinski definition) is 2. The predicted molar refractivity (Wildman–Crippen MR) is 146 cm³/mol. The molecule has 0 atom stereocenters. The smallest absolute Gasteiger partial charge is 0.345 e. The third-order valence-corrected chi connectivity index (χ3v) is 6.85. The number of carbonyl (C=O) groups excluding carboxylic acids is 2. The van der Waals surface area contributed by atoms with E-state index in [0.29, 0.717) is 19.6 Å². The zero-order valence-corrected chi connectivity index (χ0v) is 23.4. The Kier molecular flexibility index (Phi) is 10.2. The summed E-state index contributed by atoms with van der Waals surface area (Å²) in [5.74, 6) is -0.681. The maximum absolute atomic E-state index is 13.5. The molecule has 0 aliphatic carbocycles. The van der Waals surface area contributed by atoms with E-state index in [9.17, 15) is 22.8 Å². The molecule has 0 aliphatic heterocycles. The van der Waals surface area contributed by atoms with Crippen molar-refractivity contribution < 1.29 is 22.8 Å². The number of benzene rings is 2. The van der Waals surface area contributed by atoms with E-state index in [1.54, 1.807) is 18.7 Å². The fraction of sp³-hybridized carbons (Fsp3) is 0.379. The molecule has 0 N–H and O–H groups in total. The second-order valence-corrected chi connectivity index (χ2v) is 10.4. The minimum atomic E-state index is -4.48. The van der Waals surface area contributed by atoms with E-state index in [4.69, 9.17) is 0 Å². The lowest BCUT2D eigenvalue weighted by molar-refractivity contribution is -0.137. The molecular weight excluding hydrogens is 559 g/mol. The van der Waals surface area contributed by atoms with Crippen molar-refractivity contribution in [3.05, 3.63) is 93.7 Å². The Balaban J connectivity index is 1.76. The van der Waals surface area contributed by atoms with E-state index in [-0.39, 0.29) is 24.1 Å². The average Bonchev–Trinajstić information content (AvgIpc) is 3.31. The average molecular weight is 593 g/mol. The van der Waals surface area contributed by atoms with E-state index in [1.807, 2.05) is 49.5 Å². The summed E-state index contributed by atoms with van der Waals surface area (Å²) in [6, 6.07) is 15.8. The number of hydrogen-bond donors (Lipinski definition) is 0. The molecule has 38 heavy (non-hydrogen) atoms. The number of alkyl halides is 3. The minimum absolute atomic E-state index is 0.114. The van der Waals surface area contributed by atoms with Gasteiger partial charge in [0.05, 0.1) is 12.1 Å². The molecule has 5 nitrogen and oxygen atoms in total. The molecular formula is C29H33BrF3N3O2.